The number of aliphatic carboxylic acids is 1. The second-order valence-corrected chi connectivity index (χ2v) is 4.22. The van der Waals surface area contributed by atoms with E-state index in [9.17, 15) is 4.79 Å². The number of carboxylic acids is 1. The topological polar surface area (TPSA) is 37.3 Å². The third-order valence-corrected chi connectivity index (χ3v) is 2.72. The summed E-state index contributed by atoms with van der Waals surface area (Å²) in [6.07, 6.45) is 8.98. The smallest absolute Gasteiger partial charge is 0.328 e. The van der Waals surface area contributed by atoms with Gasteiger partial charge in [-0.1, -0.05) is 50.5 Å². The zero-order valence-corrected chi connectivity index (χ0v) is 11.6. The van der Waals surface area contributed by atoms with E-state index < -0.39 is 5.97 Å². The first-order valence-corrected chi connectivity index (χ1v) is 6.22. The normalized spacial score (nSPS) is 10.3. The van der Waals surface area contributed by atoms with E-state index >= 15 is 0 Å². The molecule has 0 aliphatic rings. The van der Waals surface area contributed by atoms with Crippen LogP contribution < -0.4 is 0 Å². The van der Waals surface area contributed by atoms with E-state index in [0.29, 0.717) is 0 Å². The molecule has 0 aliphatic heterocycles. The molecule has 1 aromatic carbocycles. The zero-order chi connectivity index (χ0) is 12.5. The quantitative estimate of drug-likeness (QED) is 0.590. The summed E-state index contributed by atoms with van der Waals surface area (Å²) in [6, 6.07) is 8.09. The number of hydrogen-bond acceptors (Lipinski definition) is 1. The number of unbranched alkanes of at least 4 members (excludes halogenated alkanes) is 3. The Kier molecular flexibility index (Phi) is 9.03. The van der Waals surface area contributed by atoms with Crippen molar-refractivity contribution in [2.45, 2.75) is 39.0 Å². The van der Waals surface area contributed by atoms with Crippen LogP contribution in [-0.4, -0.2) is 11.1 Å². The third kappa shape index (κ3) is 7.13. The molecule has 0 heterocycles. The predicted molar refractivity (Wildman–Crippen MR) is 78.2 cm³/mol. The lowest BCUT2D eigenvalue weighted by Gasteiger charge is -2.01. The van der Waals surface area contributed by atoms with Gasteiger partial charge in [0.2, 0.25) is 0 Å². The van der Waals surface area contributed by atoms with Crippen LogP contribution in [0.25, 0.3) is 6.08 Å². The highest BCUT2D eigenvalue weighted by atomic mass is 35.5. The molecule has 1 aromatic rings. The molecule has 0 aromatic heterocycles. The minimum Gasteiger partial charge on any atom is -0.478 e. The summed E-state index contributed by atoms with van der Waals surface area (Å²) in [5.41, 5.74) is 2.26. The molecule has 1 N–H and O–H groups in total. The van der Waals surface area contributed by atoms with Gasteiger partial charge in [-0.05, 0) is 30.0 Å². The number of hydrogen-bond donors (Lipinski definition) is 1. The molecular formula is C15H21ClO2. The number of aryl methyl sites for hydroxylation is 1. The second-order valence-electron chi connectivity index (χ2n) is 4.22. The SMILES string of the molecule is CCCCCCc1ccc(C=CC(=O)O)cc1.Cl. The van der Waals surface area contributed by atoms with Crippen LogP contribution in [0, 0.1) is 0 Å². The maximum atomic E-state index is 10.4. The van der Waals surface area contributed by atoms with Gasteiger partial charge in [0.15, 0.2) is 0 Å². The number of benzene rings is 1. The fourth-order valence-corrected chi connectivity index (χ4v) is 1.72. The number of carbonyl (C=O) groups is 1. The molecule has 0 spiro atoms. The lowest BCUT2D eigenvalue weighted by molar-refractivity contribution is -0.131. The lowest BCUT2D eigenvalue weighted by atomic mass is 10.0. The Balaban J connectivity index is 0.00000289. The summed E-state index contributed by atoms with van der Waals surface area (Å²) in [4.78, 5) is 10.4. The molecule has 0 saturated heterocycles. The highest BCUT2D eigenvalue weighted by molar-refractivity contribution is 5.85. The van der Waals surface area contributed by atoms with Crippen molar-refractivity contribution < 1.29 is 9.90 Å². The zero-order valence-electron chi connectivity index (χ0n) is 10.8. The van der Waals surface area contributed by atoms with Gasteiger partial charge >= 0.3 is 5.97 Å². The van der Waals surface area contributed by atoms with Crippen molar-refractivity contribution in [3.05, 3.63) is 41.5 Å². The lowest BCUT2D eigenvalue weighted by Crippen LogP contribution is -1.87. The van der Waals surface area contributed by atoms with Crippen LogP contribution in [0.2, 0.25) is 0 Å². The van der Waals surface area contributed by atoms with Gasteiger partial charge in [0.1, 0.15) is 0 Å². The van der Waals surface area contributed by atoms with E-state index in [-0.39, 0.29) is 12.4 Å². The van der Waals surface area contributed by atoms with Crippen molar-refractivity contribution in [1.29, 1.82) is 0 Å². The molecule has 0 bridgehead atoms. The monoisotopic (exact) mass is 268 g/mol. The molecule has 0 radical (unpaired) electrons. The molecule has 0 aliphatic carbocycles. The van der Waals surface area contributed by atoms with E-state index in [1.54, 1.807) is 6.08 Å². The van der Waals surface area contributed by atoms with Crippen LogP contribution >= 0.6 is 12.4 Å². The molecule has 0 fully saturated rings. The molecule has 2 nitrogen and oxygen atoms in total. The van der Waals surface area contributed by atoms with Crippen molar-refractivity contribution in [3.8, 4) is 0 Å². The summed E-state index contributed by atoms with van der Waals surface area (Å²) in [5.74, 6) is -0.909. The van der Waals surface area contributed by atoms with E-state index in [2.05, 4.69) is 19.1 Å². The molecule has 1 rings (SSSR count). The van der Waals surface area contributed by atoms with Gasteiger partial charge in [0.05, 0.1) is 0 Å². The minimum atomic E-state index is -0.909. The highest BCUT2D eigenvalue weighted by Gasteiger charge is 1.94. The highest BCUT2D eigenvalue weighted by Crippen LogP contribution is 2.10. The Morgan fingerprint density at radius 3 is 2.39 bits per heavy atom. The molecule has 0 atom stereocenters. The maximum Gasteiger partial charge on any atom is 0.328 e. The van der Waals surface area contributed by atoms with Crippen LogP contribution in [-0.2, 0) is 11.2 Å². The number of rotatable bonds is 7. The summed E-state index contributed by atoms with van der Waals surface area (Å²) < 4.78 is 0. The van der Waals surface area contributed by atoms with E-state index in [1.807, 2.05) is 12.1 Å². The standard InChI is InChI=1S/C15H20O2.ClH/c1-2-3-4-5-6-13-7-9-14(10-8-13)11-12-15(16)17;/h7-12H,2-6H2,1H3,(H,16,17);1H. The van der Waals surface area contributed by atoms with Crippen molar-refractivity contribution in [3.63, 3.8) is 0 Å². The Bertz CT molecular complexity index is 369. The fourth-order valence-electron chi connectivity index (χ4n) is 1.72. The van der Waals surface area contributed by atoms with Gasteiger partial charge in [-0.25, -0.2) is 4.79 Å². The minimum absolute atomic E-state index is 0. The summed E-state index contributed by atoms with van der Waals surface area (Å²) in [7, 11) is 0. The van der Waals surface area contributed by atoms with E-state index in [0.717, 1.165) is 18.1 Å². The number of carboxylic acid groups (broad SMARTS) is 1. The van der Waals surface area contributed by atoms with Gasteiger partial charge in [-0.2, -0.15) is 0 Å². The van der Waals surface area contributed by atoms with Crippen LogP contribution in [0.4, 0.5) is 0 Å². The van der Waals surface area contributed by atoms with Crippen molar-refractivity contribution in [2.24, 2.45) is 0 Å². The first-order chi connectivity index (χ1) is 8.22. The van der Waals surface area contributed by atoms with Gasteiger partial charge < -0.3 is 5.11 Å². The predicted octanol–water partition coefficient (Wildman–Crippen LogP) is 4.33. The Hall–Kier alpha value is -1.28. The number of halogens is 1. The Morgan fingerprint density at radius 2 is 1.83 bits per heavy atom. The molecule has 0 saturated carbocycles. The molecule has 0 unspecified atom stereocenters. The van der Waals surface area contributed by atoms with Crippen LogP contribution in [0.3, 0.4) is 0 Å². The molecular weight excluding hydrogens is 248 g/mol. The van der Waals surface area contributed by atoms with Crippen LogP contribution in [0.5, 0.6) is 0 Å². The van der Waals surface area contributed by atoms with Crippen molar-refractivity contribution in [1.82, 2.24) is 0 Å². The molecule has 3 heteroatoms. The third-order valence-electron chi connectivity index (χ3n) is 2.72. The van der Waals surface area contributed by atoms with Gasteiger partial charge in [-0.15, -0.1) is 12.4 Å². The maximum absolute atomic E-state index is 10.4. The summed E-state index contributed by atoms with van der Waals surface area (Å²) >= 11 is 0. The van der Waals surface area contributed by atoms with Gasteiger partial charge in [0, 0.05) is 6.08 Å². The fraction of sp³-hybridized carbons (Fsp3) is 0.400. The first kappa shape index (κ1) is 16.7. The average Bonchev–Trinajstić information content (AvgIpc) is 2.33. The van der Waals surface area contributed by atoms with E-state index in [4.69, 9.17) is 5.11 Å². The second kappa shape index (κ2) is 9.72. The van der Waals surface area contributed by atoms with E-state index in [1.165, 1.54) is 31.2 Å². The summed E-state index contributed by atoms with van der Waals surface area (Å²) in [6.45, 7) is 2.21. The first-order valence-electron chi connectivity index (χ1n) is 6.22. The van der Waals surface area contributed by atoms with Gasteiger partial charge in [-0.3, -0.25) is 0 Å². The van der Waals surface area contributed by atoms with Crippen molar-refractivity contribution >= 4 is 24.5 Å². The largest absolute Gasteiger partial charge is 0.478 e. The van der Waals surface area contributed by atoms with Crippen molar-refractivity contribution in [2.75, 3.05) is 0 Å². The molecule has 0 amide bonds. The average molecular weight is 269 g/mol. The summed E-state index contributed by atoms with van der Waals surface area (Å²) in [5, 5.41) is 8.51. The van der Waals surface area contributed by atoms with Crippen LogP contribution in [0.1, 0.15) is 43.7 Å². The molecule has 100 valence electrons. The Labute approximate surface area is 115 Å². The van der Waals surface area contributed by atoms with Crippen LogP contribution in [0.15, 0.2) is 30.3 Å². The molecule has 18 heavy (non-hydrogen) atoms. The van der Waals surface area contributed by atoms with Gasteiger partial charge in [0.25, 0.3) is 0 Å². The Morgan fingerprint density at radius 1 is 1.17 bits per heavy atom.